The van der Waals surface area contributed by atoms with Gasteiger partial charge in [-0.25, -0.2) is 4.99 Å². The lowest BCUT2D eigenvalue weighted by Gasteiger charge is -2.22. The molecule has 1 aromatic heterocycles. The highest BCUT2D eigenvalue weighted by Gasteiger charge is 2.28. The highest BCUT2D eigenvalue weighted by molar-refractivity contribution is 5.98. The van der Waals surface area contributed by atoms with Gasteiger partial charge in [0.1, 0.15) is 28.9 Å². The minimum absolute atomic E-state index is 0.0583. The number of rotatable bonds is 9. The van der Waals surface area contributed by atoms with E-state index in [-0.39, 0.29) is 24.3 Å². The lowest BCUT2D eigenvalue weighted by molar-refractivity contribution is -0.136. The van der Waals surface area contributed by atoms with E-state index in [0.717, 1.165) is 35.1 Å². The van der Waals surface area contributed by atoms with Crippen LogP contribution in [0.4, 0.5) is 5.69 Å². The second-order valence-corrected chi connectivity index (χ2v) is 9.54. The molecule has 1 atom stereocenters. The summed E-state index contributed by atoms with van der Waals surface area (Å²) in [6.07, 6.45) is 4.52. The van der Waals surface area contributed by atoms with E-state index in [2.05, 4.69) is 20.9 Å². The SMILES string of the molecule is COc1cc(CCNC(=O)CN2CCCC[C@H](N=C(NC#N)Nc3ccc4oc(C)cc4c3)C2=O)cc(OC)c1. The Morgan fingerprint density at radius 3 is 2.65 bits per heavy atom. The van der Waals surface area contributed by atoms with Gasteiger partial charge in [-0.2, -0.15) is 5.26 Å². The predicted molar refractivity (Wildman–Crippen MR) is 151 cm³/mol. The standard InChI is InChI=1S/C29H34N6O5/c1-19-12-21-15-22(7-8-26(21)40-19)33-29(32-18-30)34-25-6-4-5-11-35(28(25)37)17-27(36)31-10-9-20-13-23(38-2)16-24(14-20)39-3/h7-8,12-16,25H,4-6,9-11,17H2,1-3H3,(H,31,36)(H2,32,33,34)/t25-/m0/s1. The molecular formula is C29H34N6O5. The molecule has 1 fully saturated rings. The summed E-state index contributed by atoms with van der Waals surface area (Å²) in [7, 11) is 3.18. The van der Waals surface area contributed by atoms with Crippen molar-refractivity contribution in [3.05, 3.63) is 53.8 Å². The van der Waals surface area contributed by atoms with Crippen molar-refractivity contribution in [2.75, 3.05) is 39.2 Å². The van der Waals surface area contributed by atoms with Crippen LogP contribution in [0, 0.1) is 18.4 Å². The van der Waals surface area contributed by atoms with Crippen LogP contribution in [0.2, 0.25) is 0 Å². The van der Waals surface area contributed by atoms with Crippen LogP contribution >= 0.6 is 0 Å². The largest absolute Gasteiger partial charge is 0.497 e. The van der Waals surface area contributed by atoms with Crippen LogP contribution in [0.15, 0.2) is 51.9 Å². The summed E-state index contributed by atoms with van der Waals surface area (Å²) in [4.78, 5) is 32.1. The maximum atomic E-state index is 13.3. The van der Waals surface area contributed by atoms with E-state index in [4.69, 9.17) is 13.9 Å². The van der Waals surface area contributed by atoms with Gasteiger partial charge in [-0.15, -0.1) is 0 Å². The Morgan fingerprint density at radius 2 is 1.93 bits per heavy atom. The van der Waals surface area contributed by atoms with Crippen molar-refractivity contribution < 1.29 is 23.5 Å². The number of fused-ring (bicyclic) bond motifs is 1. The Kier molecular flexibility index (Phi) is 9.46. The van der Waals surface area contributed by atoms with Gasteiger partial charge in [0.05, 0.1) is 20.8 Å². The van der Waals surface area contributed by atoms with E-state index >= 15 is 0 Å². The number of methoxy groups -OCH3 is 2. The molecule has 0 saturated carbocycles. The molecule has 1 aliphatic heterocycles. The molecular weight excluding hydrogens is 512 g/mol. The number of nitriles is 1. The Morgan fingerprint density at radius 1 is 1.15 bits per heavy atom. The minimum atomic E-state index is -0.720. The summed E-state index contributed by atoms with van der Waals surface area (Å²) in [6, 6.07) is 12.3. The van der Waals surface area contributed by atoms with Crippen LogP contribution in [-0.4, -0.2) is 62.6 Å². The number of hydrogen-bond acceptors (Lipinski definition) is 7. The number of carbonyl (C=O) groups excluding carboxylic acids is 2. The summed E-state index contributed by atoms with van der Waals surface area (Å²) in [5, 5.41) is 18.7. The summed E-state index contributed by atoms with van der Waals surface area (Å²) in [6.45, 7) is 2.69. The fraction of sp³-hybridized carbons (Fsp3) is 0.379. The van der Waals surface area contributed by atoms with Crippen molar-refractivity contribution in [2.45, 2.75) is 38.6 Å². The van der Waals surface area contributed by atoms with E-state index in [1.807, 2.05) is 49.5 Å². The molecule has 3 N–H and O–H groups in total. The zero-order valence-corrected chi connectivity index (χ0v) is 23.0. The van der Waals surface area contributed by atoms with E-state index in [0.29, 0.717) is 43.1 Å². The van der Waals surface area contributed by atoms with Crippen molar-refractivity contribution in [2.24, 2.45) is 4.99 Å². The maximum absolute atomic E-state index is 13.3. The fourth-order valence-electron chi connectivity index (χ4n) is 4.64. The van der Waals surface area contributed by atoms with Crippen molar-refractivity contribution in [3.8, 4) is 17.7 Å². The number of amides is 2. The summed E-state index contributed by atoms with van der Waals surface area (Å²) in [5.41, 5.74) is 2.41. The van der Waals surface area contributed by atoms with Crippen molar-refractivity contribution in [1.29, 1.82) is 5.26 Å². The van der Waals surface area contributed by atoms with Gasteiger partial charge < -0.3 is 29.4 Å². The third-order valence-corrected chi connectivity index (χ3v) is 6.60. The first-order valence-corrected chi connectivity index (χ1v) is 13.2. The second-order valence-electron chi connectivity index (χ2n) is 9.54. The third kappa shape index (κ3) is 7.44. The van der Waals surface area contributed by atoms with Gasteiger partial charge in [0.15, 0.2) is 6.19 Å². The van der Waals surface area contributed by atoms with Gasteiger partial charge in [-0.3, -0.25) is 14.9 Å². The zero-order valence-electron chi connectivity index (χ0n) is 23.0. The number of aryl methyl sites for hydroxylation is 1. The molecule has 40 heavy (non-hydrogen) atoms. The van der Waals surface area contributed by atoms with Gasteiger partial charge >= 0.3 is 0 Å². The number of aliphatic imine (C=N–C) groups is 1. The molecule has 2 aromatic carbocycles. The lowest BCUT2D eigenvalue weighted by atomic mass is 10.1. The van der Waals surface area contributed by atoms with Crippen LogP contribution in [0.5, 0.6) is 11.5 Å². The summed E-state index contributed by atoms with van der Waals surface area (Å²) < 4.78 is 16.2. The van der Waals surface area contributed by atoms with Crippen LogP contribution in [0.25, 0.3) is 11.0 Å². The van der Waals surface area contributed by atoms with Gasteiger partial charge in [0.25, 0.3) is 0 Å². The zero-order chi connectivity index (χ0) is 28.5. The molecule has 0 aliphatic carbocycles. The Bertz CT molecular complexity index is 1400. The average Bonchev–Trinajstić information content (AvgIpc) is 3.23. The molecule has 1 aliphatic rings. The number of benzene rings is 2. The first-order valence-electron chi connectivity index (χ1n) is 13.2. The molecule has 210 valence electrons. The fourth-order valence-corrected chi connectivity index (χ4v) is 4.64. The normalized spacial score (nSPS) is 15.8. The number of furan rings is 1. The van der Waals surface area contributed by atoms with E-state index < -0.39 is 6.04 Å². The number of ether oxygens (including phenoxy) is 2. The van der Waals surface area contributed by atoms with Crippen LogP contribution in [0.1, 0.15) is 30.6 Å². The molecule has 3 aromatic rings. The molecule has 1 saturated heterocycles. The van der Waals surface area contributed by atoms with Crippen molar-refractivity contribution in [1.82, 2.24) is 15.5 Å². The topological polar surface area (TPSA) is 141 Å². The van der Waals surface area contributed by atoms with Crippen LogP contribution in [0.3, 0.4) is 0 Å². The minimum Gasteiger partial charge on any atom is -0.497 e. The molecule has 0 radical (unpaired) electrons. The monoisotopic (exact) mass is 546 g/mol. The molecule has 11 nitrogen and oxygen atoms in total. The number of carbonyl (C=O) groups is 2. The molecule has 11 heteroatoms. The van der Waals surface area contributed by atoms with Crippen LogP contribution in [-0.2, 0) is 16.0 Å². The predicted octanol–water partition coefficient (Wildman–Crippen LogP) is 3.34. The van der Waals surface area contributed by atoms with E-state index in [9.17, 15) is 14.9 Å². The lowest BCUT2D eigenvalue weighted by Crippen LogP contribution is -2.44. The smallest absolute Gasteiger partial charge is 0.247 e. The number of likely N-dealkylation sites (tertiary alicyclic amines) is 1. The number of nitrogens with zero attached hydrogens (tertiary/aromatic N) is 3. The number of guanidine groups is 1. The quantitative estimate of drug-likeness (QED) is 0.161. The Hall–Kier alpha value is -4.72. The van der Waals surface area contributed by atoms with Gasteiger partial charge in [0.2, 0.25) is 17.8 Å². The average molecular weight is 547 g/mol. The number of anilines is 1. The van der Waals surface area contributed by atoms with E-state index in [1.165, 1.54) is 4.90 Å². The van der Waals surface area contributed by atoms with Gasteiger partial charge in [-0.1, -0.05) is 0 Å². The molecule has 2 amide bonds. The molecule has 0 unspecified atom stereocenters. The second kappa shape index (κ2) is 13.4. The maximum Gasteiger partial charge on any atom is 0.247 e. The molecule has 4 rings (SSSR count). The first-order chi connectivity index (χ1) is 19.4. The highest BCUT2D eigenvalue weighted by Crippen LogP contribution is 2.24. The molecule has 0 bridgehead atoms. The summed E-state index contributed by atoms with van der Waals surface area (Å²) in [5.74, 6) is 1.83. The summed E-state index contributed by atoms with van der Waals surface area (Å²) >= 11 is 0. The number of hydrogen-bond donors (Lipinski definition) is 3. The van der Waals surface area contributed by atoms with Crippen LogP contribution < -0.4 is 25.4 Å². The number of nitrogens with one attached hydrogen (secondary N) is 3. The molecule has 2 heterocycles. The van der Waals surface area contributed by atoms with Gasteiger partial charge in [0, 0.05) is 30.2 Å². The third-order valence-electron chi connectivity index (χ3n) is 6.60. The van der Waals surface area contributed by atoms with Crippen molar-refractivity contribution >= 4 is 34.4 Å². The Labute approximate surface area is 233 Å². The first kappa shape index (κ1) is 28.3. The molecule has 0 spiro atoms. The van der Waals surface area contributed by atoms with E-state index in [1.54, 1.807) is 20.3 Å². The highest BCUT2D eigenvalue weighted by atomic mass is 16.5. The van der Waals surface area contributed by atoms with Gasteiger partial charge in [-0.05, 0) is 74.6 Å². The van der Waals surface area contributed by atoms with Crippen molar-refractivity contribution in [3.63, 3.8) is 0 Å². The Balaban J connectivity index is 1.37.